The van der Waals surface area contributed by atoms with Crippen molar-refractivity contribution in [3.63, 3.8) is 0 Å². The molecule has 7 heteroatoms. The molecular weight excluding hydrogens is 292 g/mol. The fourth-order valence-electron chi connectivity index (χ4n) is 2.76. The molecule has 1 aliphatic heterocycles. The van der Waals surface area contributed by atoms with Crippen LogP contribution in [0.3, 0.4) is 0 Å². The quantitative estimate of drug-likeness (QED) is 0.891. The van der Waals surface area contributed by atoms with E-state index >= 15 is 0 Å². The maximum Gasteiger partial charge on any atom is 0.272 e. The second kappa shape index (κ2) is 5.49. The highest BCUT2D eigenvalue weighted by Gasteiger charge is 2.36. The van der Waals surface area contributed by atoms with E-state index in [1.165, 1.54) is 17.2 Å². The van der Waals surface area contributed by atoms with Crippen LogP contribution in [0.2, 0.25) is 0 Å². The summed E-state index contributed by atoms with van der Waals surface area (Å²) in [5.74, 6) is -1.63. The van der Waals surface area contributed by atoms with Crippen LogP contribution in [-0.4, -0.2) is 38.5 Å². The van der Waals surface area contributed by atoms with Gasteiger partial charge in [-0.1, -0.05) is 6.07 Å². The number of H-pyrrole nitrogens is 1. The number of aliphatic hydroxyl groups excluding tert-OH is 1. The van der Waals surface area contributed by atoms with Crippen LogP contribution in [0, 0.1) is 18.6 Å². The number of β-amino-alcohol motifs (C(OH)–C–C–N with tert-alkyl or cyclic N) is 1. The largest absolute Gasteiger partial charge is 0.391 e. The maximum atomic E-state index is 13.4. The molecule has 1 aromatic heterocycles. The van der Waals surface area contributed by atoms with E-state index in [-0.39, 0.29) is 18.9 Å². The molecule has 116 valence electrons. The van der Waals surface area contributed by atoms with Crippen LogP contribution >= 0.6 is 0 Å². The van der Waals surface area contributed by atoms with E-state index in [2.05, 4.69) is 9.97 Å². The van der Waals surface area contributed by atoms with Gasteiger partial charge in [-0.25, -0.2) is 13.8 Å². The number of amides is 1. The summed E-state index contributed by atoms with van der Waals surface area (Å²) in [7, 11) is 0. The number of aromatic nitrogens is 2. The Morgan fingerprint density at radius 1 is 1.41 bits per heavy atom. The van der Waals surface area contributed by atoms with Gasteiger partial charge in [-0.05, 0) is 31.0 Å². The number of nitrogens with zero attached hydrogens (tertiary/aromatic N) is 2. The van der Waals surface area contributed by atoms with Gasteiger partial charge in [-0.2, -0.15) is 0 Å². The minimum absolute atomic E-state index is 0.139. The molecule has 2 N–H and O–H groups in total. The number of hydrogen-bond donors (Lipinski definition) is 2. The van der Waals surface area contributed by atoms with E-state index in [1.807, 2.05) is 0 Å². The van der Waals surface area contributed by atoms with Crippen LogP contribution in [0.15, 0.2) is 24.4 Å². The lowest BCUT2D eigenvalue weighted by Gasteiger charge is -2.24. The van der Waals surface area contributed by atoms with Crippen LogP contribution in [0.1, 0.15) is 34.3 Å². The van der Waals surface area contributed by atoms with Gasteiger partial charge in [-0.3, -0.25) is 4.79 Å². The number of rotatable bonds is 2. The molecule has 1 aromatic carbocycles. The van der Waals surface area contributed by atoms with Crippen molar-refractivity contribution in [3.05, 3.63) is 53.1 Å². The average molecular weight is 307 g/mol. The molecule has 0 saturated carbocycles. The SMILES string of the molecule is Cc1ncc(C(=O)N2C[C@H](O)C[C@@H]2c2ccc(F)c(F)c2)[nH]1. The van der Waals surface area contributed by atoms with Gasteiger partial charge in [0.2, 0.25) is 0 Å². The Morgan fingerprint density at radius 3 is 2.82 bits per heavy atom. The maximum absolute atomic E-state index is 13.4. The number of likely N-dealkylation sites (tertiary alicyclic amines) is 1. The van der Waals surface area contributed by atoms with Crippen molar-refractivity contribution in [3.8, 4) is 0 Å². The number of benzene rings is 1. The number of imidazole rings is 1. The standard InChI is InChI=1S/C15H15F2N3O2/c1-8-18-6-13(19-8)15(22)20-7-10(21)5-14(20)9-2-3-11(16)12(17)4-9/h2-4,6,10,14,21H,5,7H2,1H3,(H,18,19)/t10-,14-/m1/s1. The van der Waals surface area contributed by atoms with Gasteiger partial charge in [0.25, 0.3) is 5.91 Å². The van der Waals surface area contributed by atoms with Gasteiger partial charge >= 0.3 is 0 Å². The topological polar surface area (TPSA) is 69.2 Å². The Kier molecular flexibility index (Phi) is 3.66. The molecule has 0 bridgehead atoms. The second-order valence-electron chi connectivity index (χ2n) is 5.42. The van der Waals surface area contributed by atoms with Crippen LogP contribution in [0.25, 0.3) is 0 Å². The Bertz CT molecular complexity index is 717. The number of aliphatic hydroxyl groups is 1. The Morgan fingerprint density at radius 2 is 2.18 bits per heavy atom. The molecule has 2 heterocycles. The van der Waals surface area contributed by atoms with Gasteiger partial charge in [0, 0.05) is 6.54 Å². The average Bonchev–Trinajstić information content (AvgIpc) is 3.07. The minimum Gasteiger partial charge on any atom is -0.391 e. The van der Waals surface area contributed by atoms with Crippen molar-refractivity contribution in [2.75, 3.05) is 6.54 Å². The molecule has 3 rings (SSSR count). The van der Waals surface area contributed by atoms with Crippen molar-refractivity contribution >= 4 is 5.91 Å². The third-order valence-corrected chi connectivity index (χ3v) is 3.80. The highest BCUT2D eigenvalue weighted by Crippen LogP contribution is 2.33. The number of carbonyl (C=O) groups excluding carboxylic acids is 1. The Balaban J connectivity index is 1.91. The molecule has 0 unspecified atom stereocenters. The van der Waals surface area contributed by atoms with Crippen molar-refractivity contribution in [1.82, 2.24) is 14.9 Å². The molecule has 1 saturated heterocycles. The first kappa shape index (κ1) is 14.6. The zero-order chi connectivity index (χ0) is 15.9. The second-order valence-corrected chi connectivity index (χ2v) is 5.42. The molecule has 0 aliphatic carbocycles. The monoisotopic (exact) mass is 307 g/mol. The van der Waals surface area contributed by atoms with E-state index in [4.69, 9.17) is 0 Å². The lowest BCUT2D eigenvalue weighted by Crippen LogP contribution is -2.32. The summed E-state index contributed by atoms with van der Waals surface area (Å²) in [6.45, 7) is 1.86. The highest BCUT2D eigenvalue weighted by molar-refractivity contribution is 5.92. The van der Waals surface area contributed by atoms with Crippen LogP contribution in [0.5, 0.6) is 0 Å². The first-order chi connectivity index (χ1) is 10.5. The summed E-state index contributed by atoms with van der Waals surface area (Å²) in [6, 6.07) is 3.02. The minimum atomic E-state index is -0.969. The third kappa shape index (κ3) is 2.59. The third-order valence-electron chi connectivity index (χ3n) is 3.80. The summed E-state index contributed by atoms with van der Waals surface area (Å²) in [6.07, 6.45) is 1.00. The lowest BCUT2D eigenvalue weighted by molar-refractivity contribution is 0.0710. The summed E-state index contributed by atoms with van der Waals surface area (Å²) >= 11 is 0. The Hall–Kier alpha value is -2.28. The van der Waals surface area contributed by atoms with Crippen LogP contribution < -0.4 is 0 Å². The highest BCUT2D eigenvalue weighted by atomic mass is 19.2. The number of carbonyl (C=O) groups is 1. The normalized spacial score (nSPS) is 21.4. The van der Waals surface area contributed by atoms with Crippen molar-refractivity contribution < 1.29 is 18.7 Å². The van der Waals surface area contributed by atoms with Crippen molar-refractivity contribution in [1.29, 1.82) is 0 Å². The molecule has 0 spiro atoms. The molecule has 5 nitrogen and oxygen atoms in total. The van der Waals surface area contributed by atoms with Crippen molar-refractivity contribution in [2.24, 2.45) is 0 Å². The Labute approximate surface area is 125 Å². The van der Waals surface area contributed by atoms with Gasteiger partial charge in [0.1, 0.15) is 11.5 Å². The molecule has 1 fully saturated rings. The number of hydrogen-bond acceptors (Lipinski definition) is 3. The van der Waals surface area contributed by atoms with E-state index < -0.39 is 23.8 Å². The fourth-order valence-corrected chi connectivity index (χ4v) is 2.76. The fraction of sp³-hybridized carbons (Fsp3) is 0.333. The van der Waals surface area contributed by atoms with Gasteiger partial charge in [0.05, 0.1) is 18.3 Å². The first-order valence-electron chi connectivity index (χ1n) is 6.91. The molecular formula is C15H15F2N3O2. The molecule has 0 radical (unpaired) electrons. The molecule has 22 heavy (non-hydrogen) atoms. The van der Waals surface area contributed by atoms with Gasteiger partial charge < -0.3 is 15.0 Å². The van der Waals surface area contributed by atoms with Gasteiger partial charge in [0.15, 0.2) is 11.6 Å². The summed E-state index contributed by atoms with van der Waals surface area (Å²) in [5.41, 5.74) is 0.763. The molecule has 1 aliphatic rings. The predicted molar refractivity (Wildman–Crippen MR) is 74.1 cm³/mol. The number of aromatic amines is 1. The number of halogens is 2. The lowest BCUT2D eigenvalue weighted by atomic mass is 10.0. The van der Waals surface area contributed by atoms with Crippen LogP contribution in [0.4, 0.5) is 8.78 Å². The molecule has 1 amide bonds. The zero-order valence-electron chi connectivity index (χ0n) is 11.9. The summed E-state index contributed by atoms with van der Waals surface area (Å²) in [4.78, 5) is 20.8. The van der Waals surface area contributed by atoms with E-state index in [1.54, 1.807) is 6.92 Å². The smallest absolute Gasteiger partial charge is 0.272 e. The van der Waals surface area contributed by atoms with Crippen LogP contribution in [-0.2, 0) is 0 Å². The van der Waals surface area contributed by atoms with E-state index in [9.17, 15) is 18.7 Å². The summed E-state index contributed by atoms with van der Waals surface area (Å²) < 4.78 is 26.5. The predicted octanol–water partition coefficient (Wildman–Crippen LogP) is 1.94. The zero-order valence-corrected chi connectivity index (χ0v) is 11.9. The first-order valence-corrected chi connectivity index (χ1v) is 6.91. The van der Waals surface area contributed by atoms with E-state index in [0.717, 1.165) is 12.1 Å². The van der Waals surface area contributed by atoms with E-state index in [0.29, 0.717) is 17.1 Å². The molecule has 2 atom stereocenters. The van der Waals surface area contributed by atoms with Gasteiger partial charge in [-0.15, -0.1) is 0 Å². The summed E-state index contributed by atoms with van der Waals surface area (Å²) in [5, 5.41) is 9.87. The number of aryl methyl sites for hydroxylation is 1. The number of nitrogens with one attached hydrogen (secondary N) is 1. The molecule has 2 aromatic rings. The van der Waals surface area contributed by atoms with Crippen molar-refractivity contribution in [2.45, 2.75) is 25.5 Å².